The molecule has 2 heteroatoms. The molecule has 1 aliphatic rings. The van der Waals surface area contributed by atoms with E-state index >= 15 is 0 Å². The summed E-state index contributed by atoms with van der Waals surface area (Å²) in [6, 6.07) is 18.1. The summed E-state index contributed by atoms with van der Waals surface area (Å²) in [6.07, 6.45) is 2.49. The highest BCUT2D eigenvalue weighted by Crippen LogP contribution is 2.40. The van der Waals surface area contributed by atoms with Crippen molar-refractivity contribution >= 4 is 17.4 Å². The van der Waals surface area contributed by atoms with E-state index in [0.29, 0.717) is 6.04 Å². The highest BCUT2D eigenvalue weighted by molar-refractivity contribution is 7.99. The van der Waals surface area contributed by atoms with Crippen LogP contribution in [0, 0.1) is 6.92 Å². The van der Waals surface area contributed by atoms with Gasteiger partial charge in [-0.25, -0.2) is 0 Å². The number of thioether (sulfide) groups is 1. The summed E-state index contributed by atoms with van der Waals surface area (Å²) in [4.78, 5) is 1.37. The van der Waals surface area contributed by atoms with Crippen LogP contribution in [0.2, 0.25) is 0 Å². The van der Waals surface area contributed by atoms with Crippen molar-refractivity contribution in [1.29, 1.82) is 0 Å². The number of rotatable bonds is 5. The first-order valence-electron chi connectivity index (χ1n) is 7.81. The minimum absolute atomic E-state index is 0.619. The molecule has 1 N–H and O–H groups in total. The predicted molar refractivity (Wildman–Crippen MR) is 93.4 cm³/mol. The lowest BCUT2D eigenvalue weighted by Crippen LogP contribution is -2.34. The minimum Gasteiger partial charge on any atom is -0.381 e. The molecular weight excluding hydrogens is 274 g/mol. The van der Waals surface area contributed by atoms with E-state index in [4.69, 9.17) is 0 Å². The maximum absolute atomic E-state index is 3.73. The number of aryl methyl sites for hydroxylation is 1. The fourth-order valence-electron chi connectivity index (χ4n) is 3.12. The van der Waals surface area contributed by atoms with Crippen LogP contribution in [0.1, 0.15) is 36.8 Å². The molecular formula is C19H23NS. The highest BCUT2D eigenvalue weighted by atomic mass is 32.2. The fraction of sp³-hybridized carbons (Fsp3) is 0.368. The van der Waals surface area contributed by atoms with Gasteiger partial charge in [0.05, 0.1) is 0 Å². The third-order valence-electron chi connectivity index (χ3n) is 4.31. The van der Waals surface area contributed by atoms with Gasteiger partial charge < -0.3 is 5.32 Å². The standard InChI is InChI=1S/C19H23NS/c1-3-21-19-11-7-6-10-18(19)20-16-12-15(13-16)17-9-5-4-8-14(17)2/h4-11,15-16,20H,3,12-13H2,1-2H3. The van der Waals surface area contributed by atoms with E-state index in [1.54, 1.807) is 0 Å². The number of benzene rings is 2. The van der Waals surface area contributed by atoms with E-state index in [9.17, 15) is 0 Å². The van der Waals surface area contributed by atoms with Gasteiger partial charge in [-0.05, 0) is 54.7 Å². The largest absolute Gasteiger partial charge is 0.381 e. The van der Waals surface area contributed by atoms with Crippen molar-refractivity contribution in [3.63, 3.8) is 0 Å². The van der Waals surface area contributed by atoms with Gasteiger partial charge in [0.2, 0.25) is 0 Å². The third kappa shape index (κ3) is 3.26. The molecule has 1 saturated carbocycles. The van der Waals surface area contributed by atoms with Crippen molar-refractivity contribution in [2.75, 3.05) is 11.1 Å². The average Bonchev–Trinajstić information content (AvgIpc) is 2.45. The summed E-state index contributed by atoms with van der Waals surface area (Å²) in [7, 11) is 0. The van der Waals surface area contributed by atoms with Crippen molar-refractivity contribution in [2.45, 2.75) is 43.5 Å². The molecule has 1 nitrogen and oxygen atoms in total. The second kappa shape index (κ2) is 6.57. The van der Waals surface area contributed by atoms with Crippen LogP contribution in [0.15, 0.2) is 53.4 Å². The van der Waals surface area contributed by atoms with Gasteiger partial charge in [-0.3, -0.25) is 0 Å². The molecule has 110 valence electrons. The Hall–Kier alpha value is -1.41. The Labute approximate surface area is 132 Å². The van der Waals surface area contributed by atoms with Crippen LogP contribution in [0.5, 0.6) is 0 Å². The van der Waals surface area contributed by atoms with Crippen LogP contribution in [0.25, 0.3) is 0 Å². The molecule has 0 saturated heterocycles. The topological polar surface area (TPSA) is 12.0 Å². The summed E-state index contributed by atoms with van der Waals surface area (Å²) < 4.78 is 0. The van der Waals surface area contributed by atoms with Crippen LogP contribution in [0.4, 0.5) is 5.69 Å². The molecule has 2 aromatic carbocycles. The fourth-order valence-corrected chi connectivity index (χ4v) is 3.89. The zero-order chi connectivity index (χ0) is 14.7. The molecule has 0 aromatic heterocycles. The molecule has 3 rings (SSSR count). The van der Waals surface area contributed by atoms with Gasteiger partial charge in [-0.2, -0.15) is 0 Å². The molecule has 21 heavy (non-hydrogen) atoms. The van der Waals surface area contributed by atoms with Gasteiger partial charge in [0.25, 0.3) is 0 Å². The first-order chi connectivity index (χ1) is 10.3. The maximum Gasteiger partial charge on any atom is 0.0480 e. The average molecular weight is 297 g/mol. The molecule has 0 spiro atoms. The Kier molecular flexibility index (Phi) is 4.54. The Morgan fingerprint density at radius 2 is 1.76 bits per heavy atom. The lowest BCUT2D eigenvalue weighted by atomic mass is 9.74. The van der Waals surface area contributed by atoms with Gasteiger partial charge in [0, 0.05) is 16.6 Å². The zero-order valence-electron chi connectivity index (χ0n) is 12.8. The Morgan fingerprint density at radius 3 is 2.52 bits per heavy atom. The summed E-state index contributed by atoms with van der Waals surface area (Å²) >= 11 is 1.92. The van der Waals surface area contributed by atoms with Crippen LogP contribution in [-0.4, -0.2) is 11.8 Å². The van der Waals surface area contributed by atoms with Gasteiger partial charge in [0.1, 0.15) is 0 Å². The Morgan fingerprint density at radius 1 is 1.05 bits per heavy atom. The first-order valence-corrected chi connectivity index (χ1v) is 8.80. The van der Waals surface area contributed by atoms with Gasteiger partial charge in [0.15, 0.2) is 0 Å². The van der Waals surface area contributed by atoms with E-state index < -0.39 is 0 Å². The normalized spacial score (nSPS) is 20.9. The molecule has 1 aliphatic carbocycles. The third-order valence-corrected chi connectivity index (χ3v) is 5.27. The summed E-state index contributed by atoms with van der Waals surface area (Å²) in [5.74, 6) is 1.85. The number of hydrogen-bond acceptors (Lipinski definition) is 2. The Balaban J connectivity index is 1.62. The minimum atomic E-state index is 0.619. The molecule has 0 amide bonds. The maximum atomic E-state index is 3.73. The molecule has 0 radical (unpaired) electrons. The smallest absolute Gasteiger partial charge is 0.0480 e. The summed E-state index contributed by atoms with van der Waals surface area (Å²) in [6.45, 7) is 4.43. The molecule has 1 fully saturated rings. The van der Waals surface area contributed by atoms with Gasteiger partial charge >= 0.3 is 0 Å². The number of hydrogen-bond donors (Lipinski definition) is 1. The van der Waals surface area contributed by atoms with E-state index in [2.05, 4.69) is 67.7 Å². The molecule has 0 aliphatic heterocycles. The number of nitrogens with one attached hydrogen (secondary N) is 1. The Bertz CT molecular complexity index is 602. The molecule has 0 bridgehead atoms. The van der Waals surface area contributed by atoms with Crippen LogP contribution >= 0.6 is 11.8 Å². The predicted octanol–water partition coefficient (Wildman–Crippen LogP) is 5.47. The molecule has 2 aromatic rings. The van der Waals surface area contributed by atoms with E-state index in [1.165, 1.54) is 34.6 Å². The number of para-hydroxylation sites is 1. The van der Waals surface area contributed by atoms with Crippen molar-refractivity contribution < 1.29 is 0 Å². The van der Waals surface area contributed by atoms with E-state index in [-0.39, 0.29) is 0 Å². The van der Waals surface area contributed by atoms with E-state index in [0.717, 1.165) is 11.7 Å². The molecule has 0 unspecified atom stereocenters. The monoisotopic (exact) mass is 297 g/mol. The van der Waals surface area contributed by atoms with Crippen molar-refractivity contribution in [3.05, 3.63) is 59.7 Å². The lowest BCUT2D eigenvalue weighted by molar-refractivity contribution is 0.372. The van der Waals surface area contributed by atoms with Crippen molar-refractivity contribution in [3.8, 4) is 0 Å². The van der Waals surface area contributed by atoms with Crippen molar-refractivity contribution in [1.82, 2.24) is 0 Å². The SMILES string of the molecule is CCSc1ccccc1NC1CC(c2ccccc2C)C1. The molecule has 0 heterocycles. The van der Waals surface area contributed by atoms with Gasteiger partial charge in [-0.15, -0.1) is 11.8 Å². The van der Waals surface area contributed by atoms with Crippen LogP contribution in [-0.2, 0) is 0 Å². The van der Waals surface area contributed by atoms with Crippen LogP contribution in [0.3, 0.4) is 0 Å². The zero-order valence-corrected chi connectivity index (χ0v) is 13.6. The summed E-state index contributed by atoms with van der Waals surface area (Å²) in [5.41, 5.74) is 4.27. The second-order valence-corrected chi connectivity index (χ2v) is 7.10. The first kappa shape index (κ1) is 14.5. The highest BCUT2D eigenvalue weighted by Gasteiger charge is 2.31. The quantitative estimate of drug-likeness (QED) is 0.735. The lowest BCUT2D eigenvalue weighted by Gasteiger charge is -2.38. The van der Waals surface area contributed by atoms with Crippen molar-refractivity contribution in [2.24, 2.45) is 0 Å². The van der Waals surface area contributed by atoms with Crippen LogP contribution < -0.4 is 5.32 Å². The van der Waals surface area contributed by atoms with Gasteiger partial charge in [-0.1, -0.05) is 43.3 Å². The second-order valence-electron chi connectivity index (χ2n) is 5.80. The van der Waals surface area contributed by atoms with E-state index in [1.807, 2.05) is 11.8 Å². The summed E-state index contributed by atoms with van der Waals surface area (Å²) in [5, 5.41) is 3.73. The number of anilines is 1. The molecule has 0 atom stereocenters.